The maximum Gasteiger partial charge on any atom is 0.466 e. The normalized spacial score (nSPS) is 29.4. The lowest BCUT2D eigenvalue weighted by Gasteiger charge is -2.28. The van der Waals surface area contributed by atoms with Crippen molar-refractivity contribution in [3.63, 3.8) is 0 Å². The SMILES string of the molecule is O=C(OC(F)(C(F)F)C(F)(F)F)N1CC2CNCC2C1. The standard InChI is InChI=1S/C10H12F6N2O2/c11-7(12)9(13,10(14,15)16)20-8(19)18-3-5-1-17-2-6(5)4-18/h5-7,17H,1-4H2. The Morgan fingerprint density at radius 2 is 1.65 bits per heavy atom. The molecular formula is C10H12F6N2O2. The minimum atomic E-state index is -5.99. The maximum absolute atomic E-state index is 13.3. The summed E-state index contributed by atoms with van der Waals surface area (Å²) in [7, 11) is 0. The van der Waals surface area contributed by atoms with Gasteiger partial charge < -0.3 is 15.0 Å². The molecule has 1 N–H and O–H groups in total. The van der Waals surface area contributed by atoms with Crippen LogP contribution in [0.3, 0.4) is 0 Å². The van der Waals surface area contributed by atoms with Crippen LogP contribution in [0.1, 0.15) is 0 Å². The zero-order valence-electron chi connectivity index (χ0n) is 10.1. The molecule has 0 aromatic rings. The number of ether oxygens (including phenoxy) is 1. The third-order valence-corrected chi connectivity index (χ3v) is 3.55. The molecule has 0 spiro atoms. The van der Waals surface area contributed by atoms with E-state index in [1.807, 2.05) is 0 Å². The average Bonchev–Trinajstić information content (AvgIpc) is 2.86. The molecule has 1 amide bonds. The van der Waals surface area contributed by atoms with Crippen LogP contribution in [-0.4, -0.2) is 55.6 Å². The molecule has 2 aliphatic rings. The molecule has 3 unspecified atom stereocenters. The molecule has 0 saturated carbocycles. The van der Waals surface area contributed by atoms with E-state index in [9.17, 15) is 31.1 Å². The number of hydrogen-bond donors (Lipinski definition) is 1. The molecule has 2 fully saturated rings. The quantitative estimate of drug-likeness (QED) is 0.791. The third-order valence-electron chi connectivity index (χ3n) is 3.55. The highest BCUT2D eigenvalue weighted by atomic mass is 19.4. The van der Waals surface area contributed by atoms with Crippen LogP contribution in [0, 0.1) is 11.8 Å². The Kier molecular flexibility index (Phi) is 3.78. The molecule has 0 bridgehead atoms. The summed E-state index contributed by atoms with van der Waals surface area (Å²) >= 11 is 0. The van der Waals surface area contributed by atoms with Gasteiger partial charge in [0.1, 0.15) is 0 Å². The highest BCUT2D eigenvalue weighted by molar-refractivity contribution is 5.68. The molecule has 116 valence electrons. The van der Waals surface area contributed by atoms with Gasteiger partial charge in [0.2, 0.25) is 0 Å². The molecule has 4 nitrogen and oxygen atoms in total. The Morgan fingerprint density at radius 3 is 2.05 bits per heavy atom. The van der Waals surface area contributed by atoms with Crippen molar-refractivity contribution in [1.29, 1.82) is 0 Å². The average molecular weight is 306 g/mol. The lowest BCUT2D eigenvalue weighted by Crippen LogP contribution is -2.53. The van der Waals surface area contributed by atoms with Crippen LogP contribution in [0.2, 0.25) is 0 Å². The van der Waals surface area contributed by atoms with Gasteiger partial charge in [-0.3, -0.25) is 0 Å². The Balaban J connectivity index is 2.03. The van der Waals surface area contributed by atoms with Crippen LogP contribution >= 0.6 is 0 Å². The summed E-state index contributed by atoms with van der Waals surface area (Å²) < 4.78 is 78.0. The molecule has 2 rings (SSSR count). The van der Waals surface area contributed by atoms with Gasteiger partial charge in [-0.25, -0.2) is 13.6 Å². The number of likely N-dealkylation sites (tertiary alicyclic amines) is 1. The van der Waals surface area contributed by atoms with Gasteiger partial charge in [0.15, 0.2) is 0 Å². The molecular weight excluding hydrogens is 294 g/mol. The first-order valence-electron chi connectivity index (χ1n) is 5.87. The molecule has 20 heavy (non-hydrogen) atoms. The molecule has 10 heteroatoms. The van der Waals surface area contributed by atoms with Crippen LogP contribution in [0.5, 0.6) is 0 Å². The smallest absolute Gasteiger partial charge is 0.398 e. The highest BCUT2D eigenvalue weighted by Gasteiger charge is 2.67. The molecule has 0 aliphatic carbocycles. The fourth-order valence-corrected chi connectivity index (χ4v) is 2.42. The summed E-state index contributed by atoms with van der Waals surface area (Å²) in [5.74, 6) is -5.23. The fraction of sp³-hybridized carbons (Fsp3) is 0.900. The van der Waals surface area contributed by atoms with Gasteiger partial charge in [-0.15, -0.1) is 0 Å². The topological polar surface area (TPSA) is 41.6 Å². The molecule has 0 aromatic heterocycles. The Bertz CT molecular complexity index is 378. The van der Waals surface area contributed by atoms with Gasteiger partial charge in [0.05, 0.1) is 0 Å². The second-order valence-electron chi connectivity index (χ2n) is 4.89. The van der Waals surface area contributed by atoms with Crippen LogP contribution in [0.25, 0.3) is 0 Å². The zero-order valence-corrected chi connectivity index (χ0v) is 10.1. The van der Waals surface area contributed by atoms with Crippen molar-refractivity contribution in [2.75, 3.05) is 26.2 Å². The number of nitrogens with zero attached hydrogens (tertiary/aromatic N) is 1. The van der Waals surface area contributed by atoms with Crippen LogP contribution < -0.4 is 5.32 Å². The summed E-state index contributed by atoms with van der Waals surface area (Å²) in [6.45, 7) is 1.27. The first-order valence-corrected chi connectivity index (χ1v) is 5.87. The van der Waals surface area contributed by atoms with E-state index < -0.39 is 24.5 Å². The number of carbonyl (C=O) groups is 1. The molecule has 2 aliphatic heterocycles. The van der Waals surface area contributed by atoms with Crippen molar-refractivity contribution in [3.05, 3.63) is 0 Å². The number of alkyl halides is 6. The molecule has 2 saturated heterocycles. The van der Waals surface area contributed by atoms with E-state index in [0.29, 0.717) is 13.1 Å². The van der Waals surface area contributed by atoms with Gasteiger partial charge in [-0.05, 0) is 11.8 Å². The Labute approximate surface area is 110 Å². The van der Waals surface area contributed by atoms with Gasteiger partial charge in [-0.1, -0.05) is 0 Å². The van der Waals surface area contributed by atoms with Crippen LogP contribution in [0.4, 0.5) is 31.1 Å². The largest absolute Gasteiger partial charge is 0.466 e. The Morgan fingerprint density at radius 1 is 1.15 bits per heavy atom. The first kappa shape index (κ1) is 15.2. The summed E-state index contributed by atoms with van der Waals surface area (Å²) in [4.78, 5) is 12.3. The van der Waals surface area contributed by atoms with Crippen molar-refractivity contribution in [2.24, 2.45) is 11.8 Å². The van der Waals surface area contributed by atoms with E-state index in [1.165, 1.54) is 0 Å². The molecule has 2 heterocycles. The summed E-state index contributed by atoms with van der Waals surface area (Å²) in [5.41, 5.74) is 0. The van der Waals surface area contributed by atoms with Crippen molar-refractivity contribution in [2.45, 2.75) is 18.5 Å². The number of carbonyl (C=O) groups excluding carboxylic acids is 1. The fourth-order valence-electron chi connectivity index (χ4n) is 2.42. The number of nitrogens with one attached hydrogen (secondary N) is 1. The highest BCUT2D eigenvalue weighted by Crippen LogP contribution is 2.40. The number of halogens is 6. The molecule has 0 radical (unpaired) electrons. The predicted octanol–water partition coefficient (Wildman–Crippen LogP) is 1.77. The second kappa shape index (κ2) is 4.97. The Hall–Kier alpha value is -1.19. The summed E-state index contributed by atoms with van der Waals surface area (Å²) in [5, 5.41) is 3.02. The van der Waals surface area contributed by atoms with Crippen molar-refractivity contribution in [3.8, 4) is 0 Å². The van der Waals surface area contributed by atoms with Crippen LogP contribution in [0.15, 0.2) is 0 Å². The van der Waals surface area contributed by atoms with Crippen molar-refractivity contribution in [1.82, 2.24) is 10.2 Å². The van der Waals surface area contributed by atoms with Crippen LogP contribution in [-0.2, 0) is 4.74 Å². The monoisotopic (exact) mass is 306 g/mol. The lowest BCUT2D eigenvalue weighted by atomic mass is 10.0. The molecule has 0 aromatic carbocycles. The van der Waals surface area contributed by atoms with E-state index in [2.05, 4.69) is 10.1 Å². The minimum Gasteiger partial charge on any atom is -0.398 e. The summed E-state index contributed by atoms with van der Waals surface area (Å²) in [6, 6.07) is 0. The molecule has 3 atom stereocenters. The second-order valence-corrected chi connectivity index (χ2v) is 4.89. The van der Waals surface area contributed by atoms with Gasteiger partial charge in [-0.2, -0.15) is 17.6 Å². The first-order chi connectivity index (χ1) is 9.15. The number of fused-ring (bicyclic) bond motifs is 1. The van der Waals surface area contributed by atoms with Crippen molar-refractivity contribution >= 4 is 6.09 Å². The van der Waals surface area contributed by atoms with E-state index >= 15 is 0 Å². The van der Waals surface area contributed by atoms with Gasteiger partial charge in [0, 0.05) is 26.2 Å². The maximum atomic E-state index is 13.3. The zero-order chi connectivity index (χ0) is 15.1. The van der Waals surface area contributed by atoms with E-state index in [1.54, 1.807) is 0 Å². The number of rotatable bonds is 2. The third kappa shape index (κ3) is 2.52. The van der Waals surface area contributed by atoms with Gasteiger partial charge in [0.25, 0.3) is 0 Å². The van der Waals surface area contributed by atoms with E-state index in [0.717, 1.165) is 4.90 Å². The number of hydrogen-bond acceptors (Lipinski definition) is 3. The predicted molar refractivity (Wildman–Crippen MR) is 53.8 cm³/mol. The lowest BCUT2D eigenvalue weighted by molar-refractivity contribution is -0.351. The van der Waals surface area contributed by atoms with E-state index in [-0.39, 0.29) is 24.9 Å². The van der Waals surface area contributed by atoms with Crippen molar-refractivity contribution < 1.29 is 35.9 Å². The van der Waals surface area contributed by atoms with Gasteiger partial charge >= 0.3 is 24.5 Å². The minimum absolute atomic E-state index is 0.0222. The number of amides is 1. The van der Waals surface area contributed by atoms with E-state index in [4.69, 9.17) is 0 Å². The summed E-state index contributed by atoms with van der Waals surface area (Å²) in [6.07, 6.45) is -12.2.